The van der Waals surface area contributed by atoms with Crippen LogP contribution in [-0.4, -0.2) is 4.98 Å². The maximum Gasteiger partial charge on any atom is 0.228 e. The molecule has 0 unspecified atom stereocenters. The molecule has 0 atom stereocenters. The molecule has 2 heterocycles. The van der Waals surface area contributed by atoms with E-state index in [0.717, 1.165) is 17.0 Å². The van der Waals surface area contributed by atoms with Gasteiger partial charge in [0.25, 0.3) is 0 Å². The molecule has 2 aromatic rings. The van der Waals surface area contributed by atoms with Crippen molar-refractivity contribution < 1.29 is 9.15 Å². The monoisotopic (exact) mass is 187 g/mol. The zero-order valence-electron chi connectivity index (χ0n) is 7.23. The van der Waals surface area contributed by atoms with Crippen molar-refractivity contribution in [3.8, 4) is 17.2 Å². The van der Waals surface area contributed by atoms with Gasteiger partial charge in [-0.25, -0.2) is 4.98 Å². The highest BCUT2D eigenvalue weighted by molar-refractivity contribution is 5.80. The van der Waals surface area contributed by atoms with Gasteiger partial charge in [-0.3, -0.25) is 0 Å². The molecule has 4 nitrogen and oxygen atoms in total. The van der Waals surface area contributed by atoms with Gasteiger partial charge in [-0.05, 0) is 12.1 Å². The van der Waals surface area contributed by atoms with Gasteiger partial charge >= 0.3 is 0 Å². The molecule has 0 saturated carbocycles. The Hall–Kier alpha value is -1.97. The van der Waals surface area contributed by atoms with E-state index in [0.29, 0.717) is 5.89 Å². The third-order valence-electron chi connectivity index (χ3n) is 2.08. The van der Waals surface area contributed by atoms with Gasteiger partial charge in [0.15, 0.2) is 0 Å². The Bertz CT molecular complexity index is 451. The molecule has 1 aromatic heterocycles. The van der Waals surface area contributed by atoms with Crippen LogP contribution in [0.2, 0.25) is 0 Å². The first-order chi connectivity index (χ1) is 6.95. The van der Waals surface area contributed by atoms with E-state index in [9.17, 15) is 0 Å². The number of fused-ring (bicyclic) bond motifs is 1. The Morgan fingerprint density at radius 3 is 3.14 bits per heavy atom. The van der Waals surface area contributed by atoms with Gasteiger partial charge in [-0.1, -0.05) is 6.07 Å². The van der Waals surface area contributed by atoms with Crippen LogP contribution in [0, 0.1) is 6.73 Å². The van der Waals surface area contributed by atoms with Crippen molar-refractivity contribution in [1.82, 2.24) is 4.98 Å². The third kappa shape index (κ3) is 0.970. The van der Waals surface area contributed by atoms with E-state index < -0.39 is 0 Å². The van der Waals surface area contributed by atoms with E-state index in [1.165, 1.54) is 6.73 Å². The number of ether oxygens (including phenoxy) is 1. The number of benzene rings is 1. The third-order valence-corrected chi connectivity index (χ3v) is 2.08. The minimum Gasteiger partial charge on any atom is -0.462 e. The molecular formula is C10H7N2O2. The highest BCUT2D eigenvalue weighted by Gasteiger charge is 2.18. The lowest BCUT2D eigenvalue weighted by molar-refractivity contribution is 0.446. The molecule has 0 amide bonds. The second-order valence-corrected chi connectivity index (χ2v) is 2.90. The van der Waals surface area contributed by atoms with Crippen molar-refractivity contribution in [3.63, 3.8) is 0 Å². The number of nitrogens with one attached hydrogen (secondary N) is 1. The molecule has 0 fully saturated rings. The fourth-order valence-electron chi connectivity index (χ4n) is 1.46. The van der Waals surface area contributed by atoms with Crippen LogP contribution in [-0.2, 0) is 0 Å². The summed E-state index contributed by atoms with van der Waals surface area (Å²) in [5.41, 5.74) is 1.80. The quantitative estimate of drug-likeness (QED) is 0.743. The van der Waals surface area contributed by atoms with E-state index in [2.05, 4.69) is 10.3 Å². The number of oxazole rings is 1. The minimum absolute atomic E-state index is 0.591. The molecule has 4 heteroatoms. The lowest BCUT2D eigenvalue weighted by Gasteiger charge is -2.01. The number of para-hydroxylation sites is 1. The van der Waals surface area contributed by atoms with E-state index in [1.54, 1.807) is 12.5 Å². The molecule has 1 aliphatic heterocycles. The fourth-order valence-corrected chi connectivity index (χ4v) is 1.46. The number of aromatic nitrogens is 1. The van der Waals surface area contributed by atoms with Crippen LogP contribution < -0.4 is 10.1 Å². The summed E-state index contributed by atoms with van der Waals surface area (Å²) in [4.78, 5) is 4.09. The van der Waals surface area contributed by atoms with Gasteiger partial charge in [0.1, 0.15) is 12.0 Å². The first-order valence-corrected chi connectivity index (χ1v) is 4.23. The van der Waals surface area contributed by atoms with Gasteiger partial charge in [0.2, 0.25) is 12.6 Å². The lowest BCUT2D eigenvalue weighted by Crippen LogP contribution is -1.89. The number of hydrogen-bond acceptors (Lipinski definition) is 4. The highest BCUT2D eigenvalue weighted by atomic mass is 16.5. The Labute approximate surface area is 80.5 Å². The van der Waals surface area contributed by atoms with Gasteiger partial charge in [0.05, 0.1) is 17.4 Å². The molecule has 3 rings (SSSR count). The van der Waals surface area contributed by atoms with Crippen molar-refractivity contribution in [2.45, 2.75) is 0 Å². The van der Waals surface area contributed by atoms with E-state index in [-0.39, 0.29) is 0 Å². The van der Waals surface area contributed by atoms with Gasteiger partial charge < -0.3 is 14.5 Å². The van der Waals surface area contributed by atoms with Crippen molar-refractivity contribution in [2.75, 3.05) is 5.32 Å². The van der Waals surface area contributed by atoms with Crippen molar-refractivity contribution >= 4 is 5.69 Å². The summed E-state index contributed by atoms with van der Waals surface area (Å²) < 4.78 is 10.5. The SMILES string of the molecule is [CH]1Nc2c(cccc2-c2ncco2)O1. The Morgan fingerprint density at radius 1 is 1.29 bits per heavy atom. The van der Waals surface area contributed by atoms with Gasteiger partial charge in [-0.2, -0.15) is 0 Å². The molecule has 1 N–H and O–H groups in total. The van der Waals surface area contributed by atoms with Crippen LogP contribution in [0.15, 0.2) is 35.1 Å². The molecule has 1 aliphatic rings. The summed E-state index contributed by atoms with van der Waals surface area (Å²) in [5.74, 6) is 1.38. The summed E-state index contributed by atoms with van der Waals surface area (Å²) in [7, 11) is 0. The largest absolute Gasteiger partial charge is 0.462 e. The zero-order chi connectivity index (χ0) is 9.38. The molecule has 0 saturated heterocycles. The van der Waals surface area contributed by atoms with Crippen LogP contribution in [0.3, 0.4) is 0 Å². The Morgan fingerprint density at radius 2 is 2.29 bits per heavy atom. The molecule has 1 radical (unpaired) electrons. The van der Waals surface area contributed by atoms with E-state index >= 15 is 0 Å². The molecule has 0 bridgehead atoms. The topological polar surface area (TPSA) is 47.3 Å². The van der Waals surface area contributed by atoms with Crippen LogP contribution >= 0.6 is 0 Å². The number of nitrogens with zero attached hydrogens (tertiary/aromatic N) is 1. The van der Waals surface area contributed by atoms with Gasteiger partial charge in [0, 0.05) is 0 Å². The van der Waals surface area contributed by atoms with Crippen molar-refractivity contribution in [1.29, 1.82) is 0 Å². The predicted molar refractivity (Wildman–Crippen MR) is 50.5 cm³/mol. The second kappa shape index (κ2) is 2.77. The summed E-state index contributed by atoms with van der Waals surface area (Å²) in [6.07, 6.45) is 3.17. The standard InChI is InChI=1S/C10H7N2O2/c1-2-7(10-11-4-5-13-10)9-8(3-1)14-6-12-9/h1-6,12H. The first kappa shape index (κ1) is 7.44. The molecular weight excluding hydrogens is 180 g/mol. The maximum atomic E-state index is 5.23. The summed E-state index contributed by atoms with van der Waals surface area (Å²) >= 11 is 0. The van der Waals surface area contributed by atoms with Crippen LogP contribution in [0.1, 0.15) is 0 Å². The molecule has 14 heavy (non-hydrogen) atoms. The lowest BCUT2D eigenvalue weighted by atomic mass is 10.1. The Kier molecular flexibility index (Phi) is 1.47. The van der Waals surface area contributed by atoms with Crippen LogP contribution in [0.4, 0.5) is 5.69 Å². The summed E-state index contributed by atoms with van der Waals surface area (Å²) in [6.45, 7) is 1.54. The van der Waals surface area contributed by atoms with Crippen LogP contribution in [0.25, 0.3) is 11.5 Å². The summed E-state index contributed by atoms with van der Waals surface area (Å²) in [6, 6.07) is 5.72. The minimum atomic E-state index is 0.591. The predicted octanol–water partition coefficient (Wildman–Crippen LogP) is 2.27. The zero-order valence-corrected chi connectivity index (χ0v) is 7.23. The van der Waals surface area contributed by atoms with E-state index in [1.807, 2.05) is 18.2 Å². The first-order valence-electron chi connectivity index (χ1n) is 4.23. The van der Waals surface area contributed by atoms with Gasteiger partial charge in [-0.15, -0.1) is 0 Å². The summed E-state index contributed by atoms with van der Waals surface area (Å²) in [5, 5.41) is 3.01. The normalized spacial score (nSPS) is 13.1. The average Bonchev–Trinajstić information content (AvgIpc) is 2.88. The fraction of sp³-hybridized carbons (Fsp3) is 0. The molecule has 0 spiro atoms. The maximum absolute atomic E-state index is 5.23. The van der Waals surface area contributed by atoms with Crippen molar-refractivity contribution in [2.24, 2.45) is 0 Å². The number of anilines is 1. The van der Waals surface area contributed by atoms with Crippen LogP contribution in [0.5, 0.6) is 5.75 Å². The number of hydrogen-bond donors (Lipinski definition) is 1. The second-order valence-electron chi connectivity index (χ2n) is 2.90. The van der Waals surface area contributed by atoms with E-state index in [4.69, 9.17) is 9.15 Å². The molecule has 69 valence electrons. The number of rotatable bonds is 1. The van der Waals surface area contributed by atoms with Crippen molar-refractivity contribution in [3.05, 3.63) is 37.4 Å². The Balaban J connectivity index is 2.20. The average molecular weight is 187 g/mol. The molecule has 1 aromatic carbocycles. The molecule has 0 aliphatic carbocycles. The highest BCUT2D eigenvalue weighted by Crippen LogP contribution is 2.38. The smallest absolute Gasteiger partial charge is 0.228 e.